The van der Waals surface area contributed by atoms with Gasteiger partial charge in [-0.1, -0.05) is 47.1 Å². The number of hydrogen-bond acceptors (Lipinski definition) is 4. The van der Waals surface area contributed by atoms with Gasteiger partial charge in [-0.15, -0.1) is 0 Å². The van der Waals surface area contributed by atoms with Crippen molar-refractivity contribution in [2.75, 3.05) is 20.6 Å². The molecule has 0 aromatic carbocycles. The van der Waals surface area contributed by atoms with Gasteiger partial charge in [0, 0.05) is 12.6 Å². The summed E-state index contributed by atoms with van der Waals surface area (Å²) in [6.45, 7) is 12.1. The quantitative estimate of drug-likeness (QED) is 0.631. The summed E-state index contributed by atoms with van der Waals surface area (Å²) in [4.78, 5) is 41.2. The third-order valence-electron chi connectivity index (χ3n) is 5.71. The highest BCUT2D eigenvalue weighted by Gasteiger charge is 2.39. The van der Waals surface area contributed by atoms with Gasteiger partial charge in [-0.2, -0.15) is 0 Å². The molecule has 1 fully saturated rings. The zero-order chi connectivity index (χ0) is 22.5. The molecule has 0 spiro atoms. The molecule has 1 aliphatic heterocycles. The van der Waals surface area contributed by atoms with E-state index in [0.29, 0.717) is 0 Å². The Balaban J connectivity index is 3.10. The van der Waals surface area contributed by atoms with Crippen molar-refractivity contribution in [3.8, 4) is 0 Å². The number of nitrogens with one attached hydrogen (secondary N) is 1. The highest BCUT2D eigenvalue weighted by atomic mass is 16.4. The summed E-state index contributed by atoms with van der Waals surface area (Å²) in [6, 6.07) is -1.30. The van der Waals surface area contributed by atoms with E-state index in [4.69, 9.17) is 0 Å². The maximum atomic E-state index is 13.4. The maximum absolute atomic E-state index is 13.4. The lowest BCUT2D eigenvalue weighted by Crippen LogP contribution is -2.59. The summed E-state index contributed by atoms with van der Waals surface area (Å²) in [5.41, 5.74) is -0.287. The molecule has 3 atom stereocenters. The lowest BCUT2D eigenvalue weighted by Gasteiger charge is -2.39. The second kappa shape index (κ2) is 10.2. The number of carbonyl (C=O) groups excluding carboxylic acids is 2. The van der Waals surface area contributed by atoms with Crippen LogP contribution >= 0.6 is 0 Å². The summed E-state index contributed by atoms with van der Waals surface area (Å²) in [5.74, 6) is -1.30. The topological polar surface area (TPSA) is 90.0 Å². The zero-order valence-corrected chi connectivity index (χ0v) is 19.3. The minimum Gasteiger partial charge on any atom is -0.478 e. The predicted octanol–water partition coefficient (Wildman–Crippen LogP) is 2.52. The standard InChI is InChI=1S/C22H39N3O4/c1-14(2)17(13-15(3)21(28)29)25(8)20(27)18(22(4,5)6)23-19(26)16-11-9-10-12-24(16)7/h13-14,16-18H,9-12H2,1-8H3,(H,23,26)(H,28,29)/b15-13+/t16?,17?,18-/m1/s1. The van der Waals surface area contributed by atoms with Gasteiger partial charge in [-0.05, 0) is 44.7 Å². The highest BCUT2D eigenvalue weighted by Crippen LogP contribution is 2.25. The number of likely N-dealkylation sites (tertiary alicyclic amines) is 1. The van der Waals surface area contributed by atoms with Gasteiger partial charge in [0.15, 0.2) is 0 Å². The van der Waals surface area contributed by atoms with E-state index >= 15 is 0 Å². The van der Waals surface area contributed by atoms with Gasteiger partial charge in [0.1, 0.15) is 6.04 Å². The van der Waals surface area contributed by atoms with Crippen LogP contribution < -0.4 is 5.32 Å². The number of nitrogens with zero attached hydrogens (tertiary/aromatic N) is 2. The molecule has 1 aliphatic rings. The second-order valence-electron chi connectivity index (χ2n) is 9.64. The van der Waals surface area contributed by atoms with Crippen LogP contribution in [0.4, 0.5) is 0 Å². The fraction of sp³-hybridized carbons (Fsp3) is 0.773. The van der Waals surface area contributed by atoms with Crippen LogP contribution in [0.15, 0.2) is 11.6 Å². The van der Waals surface area contributed by atoms with Crippen molar-refractivity contribution in [3.05, 3.63) is 11.6 Å². The van der Waals surface area contributed by atoms with Crippen molar-refractivity contribution in [2.24, 2.45) is 11.3 Å². The molecule has 2 amide bonds. The molecular formula is C22H39N3O4. The lowest BCUT2D eigenvalue weighted by atomic mass is 9.84. The van der Waals surface area contributed by atoms with Crippen LogP contribution in [0.1, 0.15) is 60.8 Å². The van der Waals surface area contributed by atoms with Gasteiger partial charge < -0.3 is 15.3 Å². The molecule has 0 radical (unpaired) electrons. The first-order chi connectivity index (χ1) is 13.3. The fourth-order valence-corrected chi connectivity index (χ4v) is 3.72. The van der Waals surface area contributed by atoms with E-state index in [9.17, 15) is 19.5 Å². The van der Waals surface area contributed by atoms with Crippen LogP contribution in [0.25, 0.3) is 0 Å². The number of carboxylic acids is 1. The second-order valence-corrected chi connectivity index (χ2v) is 9.64. The Bertz CT molecular complexity index is 636. The Hall–Kier alpha value is -1.89. The van der Waals surface area contributed by atoms with E-state index in [1.54, 1.807) is 18.0 Å². The van der Waals surface area contributed by atoms with Crippen LogP contribution in [0.3, 0.4) is 0 Å². The van der Waals surface area contributed by atoms with Crippen molar-refractivity contribution in [1.82, 2.24) is 15.1 Å². The average molecular weight is 410 g/mol. The summed E-state index contributed by atoms with van der Waals surface area (Å²) in [5, 5.41) is 12.2. The maximum Gasteiger partial charge on any atom is 0.331 e. The molecule has 29 heavy (non-hydrogen) atoms. The first-order valence-electron chi connectivity index (χ1n) is 10.5. The largest absolute Gasteiger partial charge is 0.478 e. The van der Waals surface area contributed by atoms with Crippen LogP contribution in [-0.4, -0.2) is 71.5 Å². The Morgan fingerprint density at radius 1 is 1.21 bits per heavy atom. The normalized spacial score (nSPS) is 20.9. The molecule has 2 N–H and O–H groups in total. The van der Waals surface area contributed by atoms with Crippen LogP contribution in [0.5, 0.6) is 0 Å². The highest BCUT2D eigenvalue weighted by molar-refractivity contribution is 5.91. The molecule has 166 valence electrons. The Morgan fingerprint density at radius 2 is 1.79 bits per heavy atom. The van der Waals surface area contributed by atoms with E-state index in [1.807, 2.05) is 46.6 Å². The van der Waals surface area contributed by atoms with E-state index < -0.39 is 17.4 Å². The summed E-state index contributed by atoms with van der Waals surface area (Å²) >= 11 is 0. The number of carboxylic acid groups (broad SMARTS) is 1. The van der Waals surface area contributed by atoms with Gasteiger partial charge in [-0.25, -0.2) is 4.79 Å². The molecule has 1 heterocycles. The molecule has 7 nitrogen and oxygen atoms in total. The van der Waals surface area contributed by atoms with Gasteiger partial charge in [0.05, 0.1) is 12.1 Å². The molecule has 0 aromatic heterocycles. The fourth-order valence-electron chi connectivity index (χ4n) is 3.72. The van der Waals surface area contributed by atoms with Crippen molar-refractivity contribution >= 4 is 17.8 Å². The number of piperidine rings is 1. The first kappa shape index (κ1) is 25.1. The Morgan fingerprint density at radius 3 is 2.24 bits per heavy atom. The minimum atomic E-state index is -1.00. The van der Waals surface area contributed by atoms with Gasteiger partial charge in [0.25, 0.3) is 0 Å². The summed E-state index contributed by atoms with van der Waals surface area (Å²) < 4.78 is 0. The number of rotatable bonds is 7. The third kappa shape index (κ3) is 6.84. The molecular weight excluding hydrogens is 370 g/mol. The van der Waals surface area contributed by atoms with E-state index in [0.717, 1.165) is 25.8 Å². The molecule has 2 unspecified atom stereocenters. The van der Waals surface area contributed by atoms with E-state index in [2.05, 4.69) is 5.32 Å². The van der Waals surface area contributed by atoms with Crippen molar-refractivity contribution in [2.45, 2.75) is 78.9 Å². The predicted molar refractivity (Wildman–Crippen MR) is 114 cm³/mol. The van der Waals surface area contributed by atoms with Crippen molar-refractivity contribution in [3.63, 3.8) is 0 Å². The SMILES string of the molecule is C/C(=C\C(C(C)C)N(C)C(=O)[C@@H](NC(=O)C1CCCCN1C)C(C)(C)C)C(=O)O. The van der Waals surface area contributed by atoms with Gasteiger partial charge in [-0.3, -0.25) is 14.5 Å². The Kier molecular flexibility index (Phi) is 8.87. The first-order valence-corrected chi connectivity index (χ1v) is 10.5. The third-order valence-corrected chi connectivity index (χ3v) is 5.71. The van der Waals surface area contributed by atoms with Crippen molar-refractivity contribution in [1.29, 1.82) is 0 Å². The lowest BCUT2D eigenvalue weighted by molar-refractivity contribution is -0.141. The van der Waals surface area contributed by atoms with Gasteiger partial charge in [0.2, 0.25) is 11.8 Å². The smallest absolute Gasteiger partial charge is 0.331 e. The molecule has 0 bridgehead atoms. The molecule has 7 heteroatoms. The number of hydrogen-bond donors (Lipinski definition) is 2. The minimum absolute atomic E-state index is 0.0269. The number of likely N-dealkylation sites (N-methyl/N-ethyl adjacent to an activating group) is 2. The monoisotopic (exact) mass is 409 g/mol. The molecule has 0 aromatic rings. The molecule has 1 rings (SSSR count). The van der Waals surface area contributed by atoms with E-state index in [1.165, 1.54) is 6.92 Å². The molecule has 0 saturated carbocycles. The number of amides is 2. The van der Waals surface area contributed by atoms with Crippen LogP contribution in [0.2, 0.25) is 0 Å². The number of carbonyl (C=O) groups is 3. The molecule has 1 saturated heterocycles. The summed E-state index contributed by atoms with van der Waals surface area (Å²) in [7, 11) is 3.62. The van der Waals surface area contributed by atoms with Gasteiger partial charge >= 0.3 is 5.97 Å². The molecule has 0 aliphatic carbocycles. The number of aliphatic carboxylic acids is 1. The average Bonchev–Trinajstić information content (AvgIpc) is 2.61. The summed E-state index contributed by atoms with van der Waals surface area (Å²) in [6.07, 6.45) is 4.49. The Labute approximate surface area is 175 Å². The van der Waals surface area contributed by atoms with Crippen molar-refractivity contribution < 1.29 is 19.5 Å². The van der Waals surface area contributed by atoms with Crippen LogP contribution in [-0.2, 0) is 14.4 Å². The van der Waals surface area contributed by atoms with Crippen LogP contribution in [0, 0.1) is 11.3 Å². The van der Waals surface area contributed by atoms with E-state index in [-0.39, 0.29) is 35.4 Å². The zero-order valence-electron chi connectivity index (χ0n) is 19.3.